The third-order valence-electron chi connectivity index (χ3n) is 6.74. The third kappa shape index (κ3) is 7.97. The number of allylic oxidation sites excluding steroid dienone is 9. The largest absolute Gasteiger partial charge is 0.388 e. The van der Waals surface area contributed by atoms with Crippen molar-refractivity contribution < 1.29 is 4.39 Å². The van der Waals surface area contributed by atoms with E-state index in [9.17, 15) is 4.39 Å². The number of hydrogen-bond acceptors (Lipinski definition) is 3. The Kier molecular flexibility index (Phi) is 12.8. The lowest BCUT2D eigenvalue weighted by atomic mass is 9.95. The Bertz CT molecular complexity index is 1570. The minimum absolute atomic E-state index is 0.286. The molecule has 4 nitrogen and oxygen atoms in total. The number of benzene rings is 1. The van der Waals surface area contributed by atoms with Gasteiger partial charge in [-0.3, -0.25) is 4.98 Å². The van der Waals surface area contributed by atoms with E-state index in [2.05, 4.69) is 60.8 Å². The Morgan fingerprint density at radius 1 is 1.00 bits per heavy atom. The molecule has 3 N–H and O–H groups in total. The molecular weight excluding hydrogens is 519 g/mol. The molecule has 0 aliphatic heterocycles. The molecule has 0 saturated heterocycles. The van der Waals surface area contributed by atoms with Crippen molar-refractivity contribution in [3.63, 3.8) is 0 Å². The van der Waals surface area contributed by atoms with Crippen LogP contribution in [0.4, 0.5) is 4.39 Å². The first kappa shape index (κ1) is 33.6. The van der Waals surface area contributed by atoms with Crippen molar-refractivity contribution in [2.75, 3.05) is 7.05 Å². The van der Waals surface area contributed by atoms with E-state index in [0.29, 0.717) is 5.56 Å². The molecule has 3 rings (SSSR count). The highest BCUT2D eigenvalue weighted by Gasteiger charge is 2.16. The summed E-state index contributed by atoms with van der Waals surface area (Å²) in [5, 5.41) is 7.48. The second-order valence-electron chi connectivity index (χ2n) is 9.68. The zero-order valence-corrected chi connectivity index (χ0v) is 26.2. The maximum Gasteiger partial charge on any atom is 0.131 e. The van der Waals surface area contributed by atoms with Crippen LogP contribution in [-0.2, 0) is 0 Å². The Labute approximate surface area is 251 Å². The van der Waals surface area contributed by atoms with Gasteiger partial charge in [0.25, 0.3) is 0 Å². The highest BCUT2D eigenvalue weighted by molar-refractivity contribution is 5.98. The van der Waals surface area contributed by atoms with Crippen LogP contribution in [0.15, 0.2) is 133 Å². The van der Waals surface area contributed by atoms with Gasteiger partial charge in [-0.15, -0.1) is 0 Å². The number of fused-ring (bicyclic) bond motifs is 1. The second-order valence-corrected chi connectivity index (χ2v) is 9.68. The van der Waals surface area contributed by atoms with Gasteiger partial charge in [0.15, 0.2) is 0 Å². The summed E-state index contributed by atoms with van der Waals surface area (Å²) in [7, 11) is 1.87. The molecule has 0 bridgehead atoms. The maximum absolute atomic E-state index is 14.7. The van der Waals surface area contributed by atoms with Crippen molar-refractivity contribution in [1.82, 2.24) is 20.6 Å². The van der Waals surface area contributed by atoms with E-state index < -0.39 is 0 Å². The van der Waals surface area contributed by atoms with E-state index in [-0.39, 0.29) is 11.7 Å². The normalized spacial score (nSPS) is 12.5. The number of hydrogen-bond donors (Lipinski definition) is 3. The van der Waals surface area contributed by atoms with Crippen LogP contribution < -0.4 is 10.6 Å². The standard InChI is InChI=1S/C35H39FN4.C2H6/c1-10-26(18-27(11-2)39-25(8)22(4)5)23(6)17-29(33(12-3)37-9)24(7)34-19-30-31(20-38-21-35(30)40-34)28-15-13-14-16-32(28)36;1-2/h10-22,37,39-40H,2,6-8H2,1,3-5,9H3;1-2H3/b26-10+,27-18+,29-17-,33-12+;. The summed E-state index contributed by atoms with van der Waals surface area (Å²) >= 11 is 0. The zero-order chi connectivity index (χ0) is 31.4. The SMILES string of the molecule is C=C/C(=C\C(=C/C)C(=C)/C=C(C(=C)c1cc2c(-c3ccccc3F)cncc2[nH]1)\C(=C/C)NC)NC(=C)C(C)C.CC. The molecular formula is C37H45FN4. The van der Waals surface area contributed by atoms with Crippen molar-refractivity contribution >= 4 is 16.5 Å². The van der Waals surface area contributed by atoms with Crippen LogP contribution in [-0.4, -0.2) is 17.0 Å². The van der Waals surface area contributed by atoms with Crippen LogP contribution in [0.25, 0.3) is 27.6 Å². The average molecular weight is 565 g/mol. The summed E-state index contributed by atoms with van der Waals surface area (Å²) in [6.45, 7) is 29.0. The molecule has 5 heteroatoms. The van der Waals surface area contributed by atoms with Crippen molar-refractivity contribution in [3.8, 4) is 11.1 Å². The van der Waals surface area contributed by atoms with Crippen LogP contribution >= 0.6 is 0 Å². The van der Waals surface area contributed by atoms with Crippen LogP contribution in [0.3, 0.4) is 0 Å². The highest BCUT2D eigenvalue weighted by atomic mass is 19.1. The molecule has 1 aromatic carbocycles. The van der Waals surface area contributed by atoms with Gasteiger partial charge in [-0.05, 0) is 61.3 Å². The second kappa shape index (κ2) is 16.0. The number of aromatic nitrogens is 2. The van der Waals surface area contributed by atoms with Crippen molar-refractivity contribution in [2.45, 2.75) is 41.5 Å². The van der Waals surface area contributed by atoms with Crippen molar-refractivity contribution in [1.29, 1.82) is 0 Å². The Morgan fingerprint density at radius 2 is 1.69 bits per heavy atom. The Hall–Kier alpha value is -4.64. The number of nitrogens with one attached hydrogen (secondary N) is 3. The lowest BCUT2D eigenvalue weighted by molar-refractivity contribution is 0.631. The summed E-state index contributed by atoms with van der Waals surface area (Å²) < 4.78 is 14.7. The lowest BCUT2D eigenvalue weighted by Gasteiger charge is -2.16. The first-order valence-corrected chi connectivity index (χ1v) is 14.3. The zero-order valence-electron chi connectivity index (χ0n) is 26.2. The molecule has 0 saturated carbocycles. The quantitative estimate of drug-likeness (QED) is 0.192. The fourth-order valence-corrected chi connectivity index (χ4v) is 4.28. The molecule has 0 aliphatic rings. The molecule has 220 valence electrons. The molecule has 0 amide bonds. The van der Waals surface area contributed by atoms with Gasteiger partial charge < -0.3 is 15.6 Å². The van der Waals surface area contributed by atoms with Gasteiger partial charge in [-0.1, -0.05) is 84.4 Å². The fraction of sp³-hybridized carbons (Fsp3) is 0.216. The third-order valence-corrected chi connectivity index (χ3v) is 6.74. The molecule has 2 heterocycles. The number of likely N-dealkylation sites (N-methyl/N-ethyl adjacent to an activating group) is 1. The smallest absolute Gasteiger partial charge is 0.131 e. The monoisotopic (exact) mass is 564 g/mol. The predicted molar refractivity (Wildman–Crippen MR) is 181 cm³/mol. The van der Waals surface area contributed by atoms with Crippen molar-refractivity contribution in [3.05, 3.63) is 145 Å². The first-order chi connectivity index (χ1) is 20.1. The number of halogens is 1. The van der Waals surface area contributed by atoms with Gasteiger partial charge in [0.2, 0.25) is 0 Å². The summed E-state index contributed by atoms with van der Waals surface area (Å²) in [5.74, 6) is -0.00680. The van der Waals surface area contributed by atoms with Gasteiger partial charge in [0, 0.05) is 63.7 Å². The summed E-state index contributed by atoms with van der Waals surface area (Å²) in [6, 6.07) is 8.71. The summed E-state index contributed by atoms with van der Waals surface area (Å²) in [6.07, 6.45) is 13.2. The van der Waals surface area contributed by atoms with Crippen molar-refractivity contribution in [2.24, 2.45) is 5.92 Å². The highest BCUT2D eigenvalue weighted by Crippen LogP contribution is 2.34. The van der Waals surface area contributed by atoms with E-state index in [4.69, 9.17) is 0 Å². The van der Waals surface area contributed by atoms with Gasteiger partial charge in [-0.2, -0.15) is 0 Å². The van der Waals surface area contributed by atoms with E-state index >= 15 is 0 Å². The van der Waals surface area contributed by atoms with Crippen LogP contribution in [0.5, 0.6) is 0 Å². The fourth-order valence-electron chi connectivity index (χ4n) is 4.28. The molecule has 42 heavy (non-hydrogen) atoms. The minimum atomic E-state index is -0.293. The van der Waals surface area contributed by atoms with E-state index in [1.165, 1.54) is 6.07 Å². The predicted octanol–water partition coefficient (Wildman–Crippen LogP) is 9.79. The number of pyridine rings is 1. The Morgan fingerprint density at radius 3 is 2.26 bits per heavy atom. The van der Waals surface area contributed by atoms with Gasteiger partial charge in [0.05, 0.1) is 11.7 Å². The van der Waals surface area contributed by atoms with E-state index in [1.807, 2.05) is 71.2 Å². The summed E-state index contributed by atoms with van der Waals surface area (Å²) in [4.78, 5) is 7.78. The summed E-state index contributed by atoms with van der Waals surface area (Å²) in [5.41, 5.74) is 8.81. The molecule has 3 aromatic rings. The number of nitrogens with zero attached hydrogens (tertiary/aromatic N) is 1. The van der Waals surface area contributed by atoms with Crippen LogP contribution in [0.1, 0.15) is 47.2 Å². The van der Waals surface area contributed by atoms with Gasteiger partial charge in [0.1, 0.15) is 5.82 Å². The number of rotatable bonds is 12. The van der Waals surface area contributed by atoms with Gasteiger partial charge >= 0.3 is 0 Å². The lowest BCUT2D eigenvalue weighted by Crippen LogP contribution is -2.15. The first-order valence-electron chi connectivity index (χ1n) is 14.3. The molecule has 0 fully saturated rings. The van der Waals surface area contributed by atoms with Crippen LogP contribution in [0.2, 0.25) is 0 Å². The number of H-pyrrole nitrogens is 1. The number of aromatic amines is 1. The molecule has 0 aliphatic carbocycles. The average Bonchev–Trinajstić information content (AvgIpc) is 3.44. The maximum atomic E-state index is 14.7. The van der Waals surface area contributed by atoms with Gasteiger partial charge in [-0.25, -0.2) is 4.39 Å². The topological polar surface area (TPSA) is 52.7 Å². The minimum Gasteiger partial charge on any atom is -0.388 e. The van der Waals surface area contributed by atoms with E-state index in [0.717, 1.165) is 61.5 Å². The molecule has 0 radical (unpaired) electrons. The molecule has 0 atom stereocenters. The Balaban J connectivity index is 0.00000301. The van der Waals surface area contributed by atoms with E-state index in [1.54, 1.807) is 30.6 Å². The molecule has 0 unspecified atom stereocenters. The molecule has 2 aromatic heterocycles. The molecule has 0 spiro atoms. The van der Waals surface area contributed by atoms with Crippen LogP contribution in [0, 0.1) is 11.7 Å².